The van der Waals surface area contributed by atoms with Gasteiger partial charge in [0.15, 0.2) is 28.9 Å². The van der Waals surface area contributed by atoms with E-state index in [0.717, 1.165) is 12.3 Å². The zero-order valence-electron chi connectivity index (χ0n) is 62.6. The van der Waals surface area contributed by atoms with Crippen LogP contribution in [0.25, 0.3) is 0 Å². The van der Waals surface area contributed by atoms with Crippen molar-refractivity contribution in [2.75, 3.05) is 40.6 Å². The molecule has 20 heteroatoms. The number of unbranched alkanes of at least 4 members (excludes halogenated alkanes) is 3. The molecule has 0 radical (unpaired) electrons. The summed E-state index contributed by atoms with van der Waals surface area (Å²) in [5.74, 6) is -10.2. The van der Waals surface area contributed by atoms with E-state index >= 15 is 0 Å². The standard InChI is InChI=1S/C66H114N6O13S.C8H18/c1-21-23-26-43(13)61(79)49-37-56(76)59(42(11)12)72(20)65(83)47(31-38(3)4)35-55(75)52(33-40(7)8)69(17)64(82)45(15)67-62(80)44(14)34-54(74)51(32-39(5)6)70(18)66(84)48(41(9)10)36-57(77)60(46(16)85-29-24-25-30-86)71(19)58(78)28-27-53(73)50(22-2)68-63(49)81;1-4-5-6-7-8(2)3/h21,23,38-52,59-61,79,86H,22,24-37H2,1-20H3,(H,67,80)(H,68,81);8H,4-7H2,1-3H3/b23-21+;/t43-,44-,45-,46-,47-,48+,49+,50+,51+,52+,59+,60+,61-;/m1./s1. The maximum absolute atomic E-state index is 14.9. The third kappa shape index (κ3) is 30.7. The molecule has 0 aromatic rings. The van der Waals surface area contributed by atoms with Crippen LogP contribution in [0.4, 0.5) is 0 Å². The normalized spacial score (nSPS) is 25.7. The summed E-state index contributed by atoms with van der Waals surface area (Å²) in [7, 11) is 5.92. The van der Waals surface area contributed by atoms with Crippen LogP contribution < -0.4 is 10.6 Å². The van der Waals surface area contributed by atoms with Crippen LogP contribution in [-0.4, -0.2) is 178 Å². The number of nitrogens with one attached hydrogen (secondary N) is 2. The lowest BCUT2D eigenvalue weighted by atomic mass is 9.82. The van der Waals surface area contributed by atoms with E-state index in [-0.39, 0.29) is 82.1 Å². The van der Waals surface area contributed by atoms with Gasteiger partial charge in [-0.15, -0.1) is 0 Å². The molecule has 0 aromatic carbocycles. The highest BCUT2D eigenvalue weighted by Gasteiger charge is 2.43. The molecule has 6 amide bonds. The van der Waals surface area contributed by atoms with Gasteiger partial charge >= 0.3 is 0 Å². The number of allylic oxidation sites excluding steroid dienone is 2. The number of aliphatic hydroxyl groups is 1. The molecular weight excluding hydrogens is 1210 g/mol. The minimum absolute atomic E-state index is 0.0774. The van der Waals surface area contributed by atoms with Crippen LogP contribution in [0.3, 0.4) is 0 Å². The van der Waals surface area contributed by atoms with Crippen molar-refractivity contribution >= 4 is 77.0 Å². The predicted octanol–water partition coefficient (Wildman–Crippen LogP) is 11.1. The minimum atomic E-state index is -1.38. The molecule has 0 aliphatic carbocycles. The quantitative estimate of drug-likeness (QED) is 0.0422. The second-order valence-corrected chi connectivity index (χ2v) is 29.9. The van der Waals surface area contributed by atoms with Crippen molar-refractivity contribution in [2.24, 2.45) is 65.1 Å². The molecule has 1 saturated heterocycles. The monoisotopic (exact) mass is 1340 g/mol. The second kappa shape index (κ2) is 45.6. The number of hydrogen-bond donors (Lipinski definition) is 4. The molecule has 1 rings (SSSR count). The van der Waals surface area contributed by atoms with Gasteiger partial charge in [-0.3, -0.25) is 52.7 Å². The Labute approximate surface area is 574 Å². The van der Waals surface area contributed by atoms with Gasteiger partial charge in [-0.2, -0.15) is 12.6 Å². The SMILES string of the molecule is C/C=C/C[C@@H](C)[C@@H](O)[C@@H]1CC(=O)[C@H](C(C)C)N(C)C(=O)[C@H](CC(C)C)CC(=O)[C@H](CC(C)C)N(C)C(=O)[C@@H](C)NC(=O)[C@H](C)CC(=O)[C@H](CC(C)C)N(C)C(=O)[C@H](C(C)C)CC(=O)[C@H]([C@@H](C)OCCCCS)N(C)C(=O)CCC(=O)[C@H](CC)NC1=O.CCCCCC(C)C. The second-order valence-electron chi connectivity index (χ2n) is 29.5. The fraction of sp³-hybridized carbons (Fsp3) is 0.824. The van der Waals surface area contributed by atoms with Crippen molar-refractivity contribution in [3.8, 4) is 0 Å². The summed E-state index contributed by atoms with van der Waals surface area (Å²) in [5, 5.41) is 17.5. The number of hydrogen-bond acceptors (Lipinski definition) is 14. The largest absolute Gasteiger partial charge is 0.392 e. The number of thiol groups is 1. The lowest BCUT2D eigenvalue weighted by Gasteiger charge is -2.36. The van der Waals surface area contributed by atoms with Gasteiger partial charge in [0.05, 0.1) is 42.3 Å². The van der Waals surface area contributed by atoms with Crippen LogP contribution in [0, 0.1) is 65.1 Å². The Kier molecular flexibility index (Phi) is 43.3. The van der Waals surface area contributed by atoms with Gasteiger partial charge in [0.25, 0.3) is 0 Å². The van der Waals surface area contributed by atoms with E-state index in [1.165, 1.54) is 80.4 Å². The topological polar surface area (TPSA) is 254 Å². The first-order valence-corrected chi connectivity index (χ1v) is 36.2. The van der Waals surface area contributed by atoms with Gasteiger partial charge in [0.2, 0.25) is 35.4 Å². The Hall–Kier alpha value is -4.82. The van der Waals surface area contributed by atoms with E-state index in [1.54, 1.807) is 61.5 Å². The Morgan fingerprint density at radius 2 is 1.09 bits per heavy atom. The van der Waals surface area contributed by atoms with Gasteiger partial charge in [-0.1, -0.05) is 149 Å². The van der Waals surface area contributed by atoms with Crippen molar-refractivity contribution in [3.63, 3.8) is 0 Å². The van der Waals surface area contributed by atoms with E-state index in [0.29, 0.717) is 18.6 Å². The number of Topliss-reactive ketones (excluding diaryl/α,β-unsaturated/α-hetero) is 5. The number of ketones is 5. The van der Waals surface area contributed by atoms with Crippen LogP contribution in [-0.2, 0) is 57.5 Å². The smallest absolute Gasteiger partial charge is 0.245 e. The lowest BCUT2D eigenvalue weighted by molar-refractivity contribution is -0.148. The molecule has 3 N–H and O–H groups in total. The molecule has 1 aliphatic heterocycles. The number of aliphatic hydroxyl groups excluding tert-OH is 1. The van der Waals surface area contributed by atoms with Crippen LogP contribution in [0.2, 0.25) is 0 Å². The highest BCUT2D eigenvalue weighted by Crippen LogP contribution is 2.30. The minimum Gasteiger partial charge on any atom is -0.392 e. The summed E-state index contributed by atoms with van der Waals surface area (Å²) < 4.78 is 6.17. The molecule has 1 fully saturated rings. The number of amides is 6. The first kappa shape index (κ1) is 89.2. The van der Waals surface area contributed by atoms with Gasteiger partial charge in [0, 0.05) is 91.1 Å². The van der Waals surface area contributed by atoms with Crippen molar-refractivity contribution in [1.82, 2.24) is 30.2 Å². The molecule has 542 valence electrons. The molecule has 0 spiro atoms. The Morgan fingerprint density at radius 1 is 0.553 bits per heavy atom. The van der Waals surface area contributed by atoms with Crippen molar-refractivity contribution in [3.05, 3.63) is 12.2 Å². The molecule has 94 heavy (non-hydrogen) atoms. The summed E-state index contributed by atoms with van der Waals surface area (Å²) in [6.45, 7) is 35.6. The van der Waals surface area contributed by atoms with E-state index in [9.17, 15) is 57.8 Å². The van der Waals surface area contributed by atoms with Gasteiger partial charge in [0.1, 0.15) is 12.1 Å². The molecule has 0 saturated carbocycles. The Balaban J connectivity index is 0.0000101. The first-order valence-electron chi connectivity index (χ1n) is 35.6. The van der Waals surface area contributed by atoms with E-state index in [1.807, 2.05) is 54.5 Å². The Morgan fingerprint density at radius 3 is 1.57 bits per heavy atom. The maximum atomic E-state index is 14.9. The van der Waals surface area contributed by atoms with E-state index in [4.69, 9.17) is 4.74 Å². The summed E-state index contributed by atoms with van der Waals surface area (Å²) in [6, 6.07) is -6.60. The lowest BCUT2D eigenvalue weighted by Crippen LogP contribution is -2.53. The van der Waals surface area contributed by atoms with Gasteiger partial charge in [-0.25, -0.2) is 0 Å². The van der Waals surface area contributed by atoms with E-state index < -0.39 is 161 Å². The average molecular weight is 1350 g/mol. The van der Waals surface area contributed by atoms with Crippen LogP contribution in [0.5, 0.6) is 0 Å². The third-order valence-electron chi connectivity index (χ3n) is 18.4. The number of rotatable bonds is 23. The Bertz CT molecular complexity index is 2410. The number of carbonyl (C=O) groups excluding carboxylic acids is 11. The van der Waals surface area contributed by atoms with Crippen molar-refractivity contribution in [2.45, 2.75) is 289 Å². The fourth-order valence-electron chi connectivity index (χ4n) is 12.5. The molecule has 0 unspecified atom stereocenters. The van der Waals surface area contributed by atoms with E-state index in [2.05, 4.69) is 44.0 Å². The first-order chi connectivity index (χ1) is 43.8. The molecule has 13 atom stereocenters. The summed E-state index contributed by atoms with van der Waals surface area (Å²) in [5.41, 5.74) is 0. The average Bonchev–Trinajstić information content (AvgIpc) is 0.837. The van der Waals surface area contributed by atoms with Crippen LogP contribution in [0.1, 0.15) is 241 Å². The summed E-state index contributed by atoms with van der Waals surface area (Å²) in [6.07, 6.45) is 7.43. The molecule has 19 nitrogen and oxygen atoms in total. The van der Waals surface area contributed by atoms with Crippen LogP contribution >= 0.6 is 12.6 Å². The van der Waals surface area contributed by atoms with Crippen LogP contribution in [0.15, 0.2) is 12.2 Å². The molecule has 1 heterocycles. The zero-order chi connectivity index (χ0) is 72.6. The fourth-order valence-corrected chi connectivity index (χ4v) is 12.8. The maximum Gasteiger partial charge on any atom is 0.245 e. The number of ether oxygens (including phenoxy) is 1. The predicted molar refractivity (Wildman–Crippen MR) is 379 cm³/mol. The van der Waals surface area contributed by atoms with Crippen molar-refractivity contribution < 1.29 is 62.6 Å². The number of carbonyl (C=O) groups is 11. The molecule has 0 aromatic heterocycles. The molecular formula is C74H132N6O13S. The number of nitrogens with zero attached hydrogens (tertiary/aromatic N) is 4. The summed E-state index contributed by atoms with van der Waals surface area (Å²) in [4.78, 5) is 165. The van der Waals surface area contributed by atoms with Gasteiger partial charge < -0.3 is 40.1 Å². The molecule has 1 aliphatic rings. The highest BCUT2D eigenvalue weighted by molar-refractivity contribution is 7.80. The van der Waals surface area contributed by atoms with Gasteiger partial charge in [-0.05, 0) is 113 Å². The third-order valence-corrected chi connectivity index (χ3v) is 18.7. The highest BCUT2D eigenvalue weighted by atomic mass is 32.1. The number of likely N-dealkylation sites (N-methyl/N-ethyl adjacent to an activating group) is 4. The zero-order valence-corrected chi connectivity index (χ0v) is 63.5. The van der Waals surface area contributed by atoms with Crippen molar-refractivity contribution in [1.29, 1.82) is 0 Å². The summed E-state index contributed by atoms with van der Waals surface area (Å²) >= 11 is 4.30. The molecule has 0 bridgehead atoms.